The van der Waals surface area contributed by atoms with E-state index in [0.717, 1.165) is 42.6 Å². The van der Waals surface area contributed by atoms with Crippen LogP contribution in [0, 0.1) is 6.92 Å². The molecule has 2 heterocycles. The molecule has 1 aromatic rings. The van der Waals surface area contributed by atoms with Gasteiger partial charge in [-0.15, -0.1) is 0 Å². The van der Waals surface area contributed by atoms with Crippen LogP contribution in [0.25, 0.3) is 11.4 Å². The predicted octanol–water partition coefficient (Wildman–Crippen LogP) is 4.41. The van der Waals surface area contributed by atoms with Crippen molar-refractivity contribution in [2.75, 3.05) is 0 Å². The molecule has 0 bridgehead atoms. The van der Waals surface area contributed by atoms with Crippen LogP contribution >= 0.6 is 11.6 Å². The van der Waals surface area contributed by atoms with Gasteiger partial charge in [-0.25, -0.2) is 18.1 Å². The van der Waals surface area contributed by atoms with Crippen molar-refractivity contribution in [3.05, 3.63) is 59.4 Å². The molecule has 0 aromatic heterocycles. The molecule has 0 radical (unpaired) electrons. The summed E-state index contributed by atoms with van der Waals surface area (Å²) in [5.74, 6) is 0.996. The Morgan fingerprint density at radius 3 is 2.67 bits per heavy atom. The first-order chi connectivity index (χ1) is 12.9. The van der Waals surface area contributed by atoms with E-state index in [1.807, 2.05) is 25.3 Å². The van der Waals surface area contributed by atoms with E-state index in [0.29, 0.717) is 11.1 Å². The maximum absolute atomic E-state index is 12.7. The zero-order valence-corrected chi connectivity index (χ0v) is 16.7. The van der Waals surface area contributed by atoms with E-state index in [1.54, 1.807) is 12.1 Å². The van der Waals surface area contributed by atoms with Gasteiger partial charge in [0.05, 0.1) is 4.90 Å². The van der Waals surface area contributed by atoms with E-state index in [1.165, 1.54) is 6.07 Å². The smallest absolute Gasteiger partial charge is 0.240 e. The minimum atomic E-state index is -3.56. The van der Waals surface area contributed by atoms with Crippen LogP contribution in [0.1, 0.15) is 37.3 Å². The highest BCUT2D eigenvalue weighted by molar-refractivity contribution is 7.89. The van der Waals surface area contributed by atoms with Crippen molar-refractivity contribution in [1.29, 1.82) is 0 Å². The highest BCUT2D eigenvalue weighted by Gasteiger charge is 2.27. The van der Waals surface area contributed by atoms with Gasteiger partial charge in [-0.1, -0.05) is 17.7 Å². The van der Waals surface area contributed by atoms with Gasteiger partial charge in [0.15, 0.2) is 0 Å². The maximum Gasteiger partial charge on any atom is 0.240 e. The Hall–Kier alpha value is -1.89. The number of nitrogens with zero attached hydrogens (tertiary/aromatic N) is 2. The van der Waals surface area contributed by atoms with E-state index >= 15 is 0 Å². The first kappa shape index (κ1) is 18.5. The molecule has 27 heavy (non-hydrogen) atoms. The molecular weight excluding hydrogens is 382 g/mol. The number of hydrogen-bond acceptors (Lipinski definition) is 3. The lowest BCUT2D eigenvalue weighted by molar-refractivity contribution is 0.311. The van der Waals surface area contributed by atoms with Crippen LogP contribution in [-0.4, -0.2) is 24.0 Å². The second kappa shape index (κ2) is 7.26. The first-order valence-electron chi connectivity index (χ1n) is 9.14. The highest BCUT2D eigenvalue weighted by atomic mass is 35.5. The monoisotopic (exact) mass is 403 g/mol. The van der Waals surface area contributed by atoms with Crippen molar-refractivity contribution >= 4 is 21.6 Å². The number of pyridine rings is 1. The summed E-state index contributed by atoms with van der Waals surface area (Å²) in [5.41, 5.74) is 2.00. The lowest BCUT2D eigenvalue weighted by Crippen LogP contribution is -2.38. The average molecular weight is 404 g/mol. The maximum atomic E-state index is 12.7. The molecule has 142 valence electrons. The van der Waals surface area contributed by atoms with Gasteiger partial charge >= 0.3 is 0 Å². The van der Waals surface area contributed by atoms with Crippen LogP contribution in [0.2, 0.25) is 5.02 Å². The summed E-state index contributed by atoms with van der Waals surface area (Å²) in [4.78, 5) is 4.69. The van der Waals surface area contributed by atoms with Gasteiger partial charge in [0, 0.05) is 35.1 Å². The number of benzene rings is 1. The fraction of sp³-hybridized carbons (Fsp3) is 0.350. The number of sulfonamides is 1. The predicted molar refractivity (Wildman–Crippen MR) is 107 cm³/mol. The zero-order chi connectivity index (χ0) is 19.0. The van der Waals surface area contributed by atoms with Crippen LogP contribution in [0.4, 0.5) is 0 Å². The number of aryl methyl sites for hydroxylation is 1. The SMILES string of the molecule is Cc1ccc(S(=O)(=O)NC2CCC(n3cccc4ccnc3-4)CC2)cc1Cl. The number of halogens is 1. The number of rotatable bonds is 4. The van der Waals surface area contributed by atoms with Gasteiger partial charge in [0.25, 0.3) is 0 Å². The van der Waals surface area contributed by atoms with Crippen molar-refractivity contribution < 1.29 is 8.42 Å². The molecule has 4 rings (SSSR count). The van der Waals surface area contributed by atoms with E-state index in [-0.39, 0.29) is 10.9 Å². The lowest BCUT2D eigenvalue weighted by Gasteiger charge is -2.31. The van der Waals surface area contributed by atoms with Gasteiger partial charge in [0.1, 0.15) is 5.82 Å². The number of aromatic nitrogens is 2. The van der Waals surface area contributed by atoms with Crippen LogP contribution in [0.3, 0.4) is 0 Å². The summed E-state index contributed by atoms with van der Waals surface area (Å²) in [5, 5.41) is 0.466. The second-order valence-electron chi connectivity index (χ2n) is 7.18. The van der Waals surface area contributed by atoms with Gasteiger partial charge in [-0.2, -0.15) is 0 Å². The largest absolute Gasteiger partial charge is 0.329 e. The third kappa shape index (κ3) is 3.74. The Labute approximate surface area is 164 Å². The number of nitrogens with one attached hydrogen (secondary N) is 1. The van der Waals surface area contributed by atoms with Crippen LogP contribution in [0.15, 0.2) is 53.7 Å². The molecule has 2 aliphatic heterocycles. The Kier molecular flexibility index (Phi) is 4.97. The first-order valence-corrected chi connectivity index (χ1v) is 11.0. The van der Waals surface area contributed by atoms with Crippen molar-refractivity contribution in [2.45, 2.75) is 49.6 Å². The normalized spacial score (nSPS) is 20.8. The summed E-state index contributed by atoms with van der Waals surface area (Å²) in [6.07, 6.45) is 7.32. The molecule has 0 unspecified atom stereocenters. The third-order valence-electron chi connectivity index (χ3n) is 5.34. The standard InChI is InChI=1S/C20H22ClN3O2S/c1-14-4-9-18(13-19(14)21)27(25,26)23-16-5-7-17(8-6-16)24-12-2-3-15-10-11-22-20(15)24/h2-4,9-13,16-17,23H,5-8H2,1H3. The van der Waals surface area contributed by atoms with Gasteiger partial charge in [0.2, 0.25) is 10.0 Å². The van der Waals surface area contributed by atoms with E-state index < -0.39 is 10.0 Å². The molecular formula is C20H22ClN3O2S. The summed E-state index contributed by atoms with van der Waals surface area (Å²) < 4.78 is 30.4. The van der Waals surface area contributed by atoms with Crippen molar-refractivity contribution in [3.63, 3.8) is 0 Å². The van der Waals surface area contributed by atoms with E-state index in [9.17, 15) is 8.42 Å². The number of hydrogen-bond donors (Lipinski definition) is 1. The molecule has 1 saturated carbocycles. The molecule has 1 aromatic carbocycles. The van der Waals surface area contributed by atoms with Crippen LogP contribution in [0.5, 0.6) is 0 Å². The minimum Gasteiger partial charge on any atom is -0.329 e. The molecule has 0 saturated heterocycles. The summed E-state index contributed by atoms with van der Waals surface area (Å²) in [7, 11) is -3.56. The average Bonchev–Trinajstić information content (AvgIpc) is 3.13. The molecule has 5 nitrogen and oxygen atoms in total. The van der Waals surface area contributed by atoms with Gasteiger partial charge < -0.3 is 4.57 Å². The van der Waals surface area contributed by atoms with Crippen molar-refractivity contribution in [3.8, 4) is 11.4 Å². The van der Waals surface area contributed by atoms with Gasteiger partial charge in [-0.3, -0.25) is 0 Å². The molecule has 1 fully saturated rings. The topological polar surface area (TPSA) is 64.0 Å². The highest BCUT2D eigenvalue weighted by Crippen LogP contribution is 2.33. The summed E-state index contributed by atoms with van der Waals surface area (Å²) in [6, 6.07) is 11.3. The quantitative estimate of drug-likeness (QED) is 0.701. The van der Waals surface area contributed by atoms with E-state index in [2.05, 4.69) is 26.5 Å². The van der Waals surface area contributed by atoms with Gasteiger partial charge in [-0.05, 0) is 68.5 Å². The Balaban J connectivity index is 1.43. The Bertz CT molecular complexity index is 1020. The lowest BCUT2D eigenvalue weighted by atomic mass is 9.91. The summed E-state index contributed by atoms with van der Waals surface area (Å²) in [6.45, 7) is 1.85. The Morgan fingerprint density at radius 1 is 1.15 bits per heavy atom. The Morgan fingerprint density at radius 2 is 1.93 bits per heavy atom. The van der Waals surface area contributed by atoms with Crippen molar-refractivity contribution in [1.82, 2.24) is 14.3 Å². The fourth-order valence-electron chi connectivity index (χ4n) is 3.79. The number of fused-ring (bicyclic) bond motifs is 1. The molecule has 1 aliphatic carbocycles. The molecule has 1 N–H and O–H groups in total. The second-order valence-corrected chi connectivity index (χ2v) is 9.30. The molecule has 3 aliphatic rings. The minimum absolute atomic E-state index is 0.0567. The summed E-state index contributed by atoms with van der Waals surface area (Å²) >= 11 is 6.09. The fourth-order valence-corrected chi connectivity index (χ4v) is 5.36. The molecule has 0 atom stereocenters. The van der Waals surface area contributed by atoms with Crippen molar-refractivity contribution in [2.24, 2.45) is 0 Å². The molecule has 0 amide bonds. The zero-order valence-electron chi connectivity index (χ0n) is 15.1. The molecule has 0 spiro atoms. The van der Waals surface area contributed by atoms with Crippen LogP contribution in [-0.2, 0) is 10.0 Å². The molecule has 7 heteroatoms. The van der Waals surface area contributed by atoms with E-state index in [4.69, 9.17) is 11.6 Å². The third-order valence-corrected chi connectivity index (χ3v) is 7.27. The van der Waals surface area contributed by atoms with Crippen LogP contribution < -0.4 is 4.72 Å².